The van der Waals surface area contributed by atoms with Crippen LogP contribution in [0.25, 0.3) is 0 Å². The highest BCUT2D eigenvalue weighted by Crippen LogP contribution is 2.50. The van der Waals surface area contributed by atoms with Crippen molar-refractivity contribution in [3.05, 3.63) is 95.3 Å². The van der Waals surface area contributed by atoms with Gasteiger partial charge in [0.05, 0.1) is 11.8 Å². The van der Waals surface area contributed by atoms with Crippen LogP contribution in [0.2, 0.25) is 0 Å². The van der Waals surface area contributed by atoms with Gasteiger partial charge in [0.1, 0.15) is 5.75 Å². The number of pyridine rings is 1. The molecule has 1 fully saturated rings. The van der Waals surface area contributed by atoms with Crippen LogP contribution < -0.4 is 4.74 Å². The molecule has 1 aromatic heterocycles. The molecular formula is C29H30N4O. The zero-order valence-corrected chi connectivity index (χ0v) is 19.4. The minimum absolute atomic E-state index is 0.232. The third-order valence-electron chi connectivity index (χ3n) is 8.28. The Kier molecular flexibility index (Phi) is 4.73. The van der Waals surface area contributed by atoms with Gasteiger partial charge in [-0.3, -0.25) is 9.88 Å². The summed E-state index contributed by atoms with van der Waals surface area (Å²) in [7, 11) is 0. The molecule has 0 bridgehead atoms. The van der Waals surface area contributed by atoms with E-state index in [9.17, 15) is 0 Å². The highest BCUT2D eigenvalue weighted by molar-refractivity contribution is 6.01. The van der Waals surface area contributed by atoms with Gasteiger partial charge in [-0.2, -0.15) is 5.10 Å². The van der Waals surface area contributed by atoms with Crippen LogP contribution in [0.3, 0.4) is 0 Å². The SMILES string of the molecule is c1ccc2c(c1)CCC[C@H]2N1CCC2(CC1)Oc1ccccc1[C@@H]1CC(c3ccncc3)=NN12. The molecule has 3 aliphatic heterocycles. The molecule has 2 aromatic carbocycles. The van der Waals surface area contributed by atoms with Crippen LogP contribution in [0.1, 0.15) is 66.4 Å². The van der Waals surface area contributed by atoms with Gasteiger partial charge >= 0.3 is 0 Å². The van der Waals surface area contributed by atoms with E-state index in [4.69, 9.17) is 9.84 Å². The number of hydrazone groups is 1. The van der Waals surface area contributed by atoms with Crippen molar-refractivity contribution in [3.8, 4) is 5.75 Å². The van der Waals surface area contributed by atoms with E-state index in [1.54, 1.807) is 0 Å². The maximum atomic E-state index is 6.84. The molecule has 4 aliphatic rings. The van der Waals surface area contributed by atoms with Gasteiger partial charge in [-0.1, -0.05) is 42.5 Å². The van der Waals surface area contributed by atoms with Crippen molar-refractivity contribution in [1.29, 1.82) is 0 Å². The molecule has 0 saturated carbocycles. The van der Waals surface area contributed by atoms with Crippen molar-refractivity contribution in [2.75, 3.05) is 13.1 Å². The molecule has 2 atom stereocenters. The predicted molar refractivity (Wildman–Crippen MR) is 133 cm³/mol. The van der Waals surface area contributed by atoms with Crippen LogP contribution >= 0.6 is 0 Å². The lowest BCUT2D eigenvalue weighted by atomic mass is 9.84. The van der Waals surface area contributed by atoms with Crippen molar-refractivity contribution in [2.24, 2.45) is 5.10 Å². The van der Waals surface area contributed by atoms with Gasteiger partial charge in [0.2, 0.25) is 5.72 Å². The summed E-state index contributed by atoms with van der Waals surface area (Å²) < 4.78 is 6.84. The van der Waals surface area contributed by atoms with Crippen LogP contribution in [0.4, 0.5) is 0 Å². The zero-order valence-electron chi connectivity index (χ0n) is 19.4. The first-order valence-electron chi connectivity index (χ1n) is 12.7. The summed E-state index contributed by atoms with van der Waals surface area (Å²) in [6, 6.07) is 22.5. The van der Waals surface area contributed by atoms with Crippen LogP contribution in [-0.2, 0) is 6.42 Å². The second kappa shape index (κ2) is 7.95. The lowest BCUT2D eigenvalue weighted by molar-refractivity contribution is -0.153. The number of fused-ring (bicyclic) bond motifs is 5. The summed E-state index contributed by atoms with van der Waals surface area (Å²) in [5, 5.41) is 7.53. The largest absolute Gasteiger partial charge is 0.466 e. The van der Waals surface area contributed by atoms with Crippen LogP contribution in [-0.4, -0.2) is 39.4 Å². The van der Waals surface area contributed by atoms with E-state index in [1.165, 1.54) is 36.0 Å². The summed E-state index contributed by atoms with van der Waals surface area (Å²) in [6.07, 6.45) is 10.3. The highest BCUT2D eigenvalue weighted by atomic mass is 16.5. The number of benzene rings is 2. The van der Waals surface area contributed by atoms with Gasteiger partial charge in [0.15, 0.2) is 0 Å². The molecule has 5 heteroatoms. The van der Waals surface area contributed by atoms with Gasteiger partial charge in [0.25, 0.3) is 0 Å². The number of likely N-dealkylation sites (tertiary alicyclic amines) is 1. The van der Waals surface area contributed by atoms with E-state index < -0.39 is 0 Å². The van der Waals surface area contributed by atoms with Gasteiger partial charge in [0, 0.05) is 61.9 Å². The predicted octanol–water partition coefficient (Wildman–Crippen LogP) is 5.49. The average Bonchev–Trinajstić information content (AvgIpc) is 3.37. The van der Waals surface area contributed by atoms with Crippen molar-refractivity contribution in [3.63, 3.8) is 0 Å². The molecular weight excluding hydrogens is 420 g/mol. The first-order chi connectivity index (χ1) is 16.8. The Morgan fingerprint density at radius 3 is 2.47 bits per heavy atom. The molecule has 0 radical (unpaired) electrons. The number of ether oxygens (including phenoxy) is 1. The van der Waals surface area contributed by atoms with Crippen LogP contribution in [0, 0.1) is 0 Å². The average molecular weight is 451 g/mol. The molecule has 1 saturated heterocycles. The van der Waals surface area contributed by atoms with E-state index >= 15 is 0 Å². The van der Waals surface area contributed by atoms with Crippen molar-refractivity contribution < 1.29 is 4.74 Å². The first kappa shape index (κ1) is 20.2. The van der Waals surface area contributed by atoms with Gasteiger partial charge < -0.3 is 4.74 Å². The third-order valence-corrected chi connectivity index (χ3v) is 8.28. The number of rotatable bonds is 2. The maximum Gasteiger partial charge on any atom is 0.200 e. The second-order valence-electron chi connectivity index (χ2n) is 10.1. The topological polar surface area (TPSA) is 41.0 Å². The minimum Gasteiger partial charge on any atom is -0.466 e. The van der Waals surface area contributed by atoms with E-state index in [0.717, 1.165) is 49.4 Å². The first-order valence-corrected chi connectivity index (χ1v) is 12.7. The lowest BCUT2D eigenvalue weighted by Gasteiger charge is -2.52. The smallest absolute Gasteiger partial charge is 0.200 e. The number of aromatic nitrogens is 1. The quantitative estimate of drug-likeness (QED) is 0.517. The highest BCUT2D eigenvalue weighted by Gasteiger charge is 2.52. The van der Waals surface area contributed by atoms with Gasteiger partial charge in [-0.25, -0.2) is 5.01 Å². The second-order valence-corrected chi connectivity index (χ2v) is 10.1. The summed E-state index contributed by atoms with van der Waals surface area (Å²) >= 11 is 0. The number of hydrogen-bond donors (Lipinski definition) is 0. The Morgan fingerprint density at radius 2 is 1.62 bits per heavy atom. The summed E-state index contributed by atoms with van der Waals surface area (Å²) in [5.41, 5.74) is 6.25. The fourth-order valence-electron chi connectivity index (χ4n) is 6.57. The Balaban J connectivity index is 1.20. The number of nitrogens with zero attached hydrogens (tertiary/aromatic N) is 4. The molecule has 1 spiro atoms. The molecule has 3 aromatic rings. The molecule has 4 heterocycles. The third kappa shape index (κ3) is 3.17. The summed E-state index contributed by atoms with van der Waals surface area (Å²) in [5.74, 6) is 1.03. The minimum atomic E-state index is -0.377. The molecule has 172 valence electrons. The van der Waals surface area contributed by atoms with Crippen LogP contribution in [0.5, 0.6) is 5.75 Å². The lowest BCUT2D eigenvalue weighted by Crippen LogP contribution is -2.59. The number of piperidine rings is 1. The molecule has 1 aliphatic carbocycles. The fourth-order valence-corrected chi connectivity index (χ4v) is 6.57. The van der Waals surface area contributed by atoms with Gasteiger partial charge in [-0.05, 0) is 48.6 Å². The van der Waals surface area contributed by atoms with E-state index in [2.05, 4.69) is 75.6 Å². The standard InChI is InChI=1S/C29H30N4O/c1-2-8-23-21(6-1)7-5-10-26(23)32-18-14-29(15-19-32)33-27(24-9-3-4-11-28(24)34-29)20-25(31-33)22-12-16-30-17-13-22/h1-4,6,8-9,11-13,16-17,26-27H,5,7,10,14-15,18-20H2/t26-,27+/m1/s1. The molecule has 0 N–H and O–H groups in total. The Bertz CT molecular complexity index is 1230. The zero-order chi connectivity index (χ0) is 22.5. The van der Waals surface area contributed by atoms with Crippen molar-refractivity contribution in [1.82, 2.24) is 14.9 Å². The summed E-state index contributed by atoms with van der Waals surface area (Å²) in [4.78, 5) is 6.90. The molecule has 34 heavy (non-hydrogen) atoms. The number of aryl methyl sites for hydroxylation is 1. The molecule has 5 nitrogen and oxygen atoms in total. The molecule has 0 amide bonds. The van der Waals surface area contributed by atoms with E-state index in [-0.39, 0.29) is 11.8 Å². The fraction of sp³-hybridized carbons (Fsp3) is 0.379. The Hall–Kier alpha value is -3.18. The normalized spacial score (nSPS) is 25.2. The number of para-hydroxylation sites is 1. The monoisotopic (exact) mass is 450 g/mol. The number of hydrogen-bond acceptors (Lipinski definition) is 5. The Labute approximate surface area is 201 Å². The van der Waals surface area contributed by atoms with Gasteiger partial charge in [-0.15, -0.1) is 0 Å². The summed E-state index contributed by atoms with van der Waals surface area (Å²) in [6.45, 7) is 2.06. The van der Waals surface area contributed by atoms with E-state index in [1.807, 2.05) is 12.4 Å². The molecule has 7 rings (SSSR count). The maximum absolute atomic E-state index is 6.84. The van der Waals surface area contributed by atoms with Crippen LogP contribution in [0.15, 0.2) is 78.2 Å². The van der Waals surface area contributed by atoms with Crippen molar-refractivity contribution >= 4 is 5.71 Å². The Morgan fingerprint density at radius 1 is 0.853 bits per heavy atom. The van der Waals surface area contributed by atoms with Crippen molar-refractivity contribution in [2.45, 2.75) is 56.3 Å². The van der Waals surface area contributed by atoms with E-state index in [0.29, 0.717) is 6.04 Å². The molecule has 0 unspecified atom stereocenters.